The first-order chi connectivity index (χ1) is 9.29. The molecule has 0 aliphatic carbocycles. The fourth-order valence-corrected chi connectivity index (χ4v) is 4.03. The summed E-state index contributed by atoms with van der Waals surface area (Å²) in [7, 11) is 0. The number of hydrogen-bond acceptors (Lipinski definition) is 2. The average molecular weight is 355 g/mol. The van der Waals surface area contributed by atoms with E-state index in [9.17, 15) is 0 Å². The lowest BCUT2D eigenvalue weighted by Gasteiger charge is -2.32. The van der Waals surface area contributed by atoms with Gasteiger partial charge in [-0.05, 0) is 36.8 Å². The Morgan fingerprint density at radius 2 is 1.84 bits per heavy atom. The Morgan fingerprint density at radius 3 is 2.68 bits per heavy atom. The van der Waals surface area contributed by atoms with Crippen molar-refractivity contribution in [1.29, 1.82) is 0 Å². The Kier molecular flexibility index (Phi) is 4.06. The van der Waals surface area contributed by atoms with Gasteiger partial charge in [0.1, 0.15) is 0 Å². The summed E-state index contributed by atoms with van der Waals surface area (Å²) in [6.07, 6.45) is 0.982. The van der Waals surface area contributed by atoms with Gasteiger partial charge in [0.25, 0.3) is 0 Å². The number of alkyl halides is 1. The van der Waals surface area contributed by atoms with Crippen molar-refractivity contribution in [2.75, 3.05) is 17.3 Å². The first kappa shape index (κ1) is 13.3. The summed E-state index contributed by atoms with van der Waals surface area (Å²) in [6, 6.07) is 15.0. The van der Waals surface area contributed by atoms with E-state index < -0.39 is 0 Å². The van der Waals surface area contributed by atoms with Gasteiger partial charge in [-0.2, -0.15) is 0 Å². The molecule has 4 heteroatoms. The van der Waals surface area contributed by atoms with Crippen molar-refractivity contribution < 1.29 is 0 Å². The maximum absolute atomic E-state index is 5.86. The molecule has 0 saturated carbocycles. The minimum atomic E-state index is 0.692. The van der Waals surface area contributed by atoms with E-state index in [-0.39, 0.29) is 0 Å². The Hall–Kier alpha value is -0.640. The van der Waals surface area contributed by atoms with Gasteiger partial charge in [-0.1, -0.05) is 39.8 Å². The lowest BCUT2D eigenvalue weighted by atomic mass is 10.2. The molecule has 0 amide bonds. The topological polar surface area (TPSA) is 3.24 Å². The molecular formula is C15H13BrClNS. The SMILES string of the molecule is ClCCCN1c2ccccc2Sc2cc(Br)ccc21. The van der Waals surface area contributed by atoms with Crippen LogP contribution in [0.1, 0.15) is 6.42 Å². The van der Waals surface area contributed by atoms with Gasteiger partial charge in [-0.25, -0.2) is 0 Å². The van der Waals surface area contributed by atoms with Gasteiger partial charge in [-0.3, -0.25) is 0 Å². The molecule has 0 bridgehead atoms. The number of benzene rings is 2. The van der Waals surface area contributed by atoms with Crippen LogP contribution in [0.4, 0.5) is 11.4 Å². The Bertz CT molecular complexity index is 602. The van der Waals surface area contributed by atoms with Crippen LogP contribution in [-0.2, 0) is 0 Å². The average Bonchev–Trinajstić information content (AvgIpc) is 2.43. The molecule has 1 heterocycles. The van der Waals surface area contributed by atoms with Crippen molar-refractivity contribution in [3.05, 3.63) is 46.9 Å². The lowest BCUT2D eigenvalue weighted by molar-refractivity contribution is 0.870. The van der Waals surface area contributed by atoms with E-state index in [1.807, 2.05) is 11.8 Å². The molecule has 2 aromatic carbocycles. The molecule has 19 heavy (non-hydrogen) atoms. The molecule has 0 atom stereocenters. The third-order valence-corrected chi connectivity index (χ3v) is 4.98. The predicted octanol–water partition coefficient (Wildman–Crippen LogP) is 5.68. The number of nitrogens with zero attached hydrogens (tertiary/aromatic N) is 1. The highest BCUT2D eigenvalue weighted by molar-refractivity contribution is 9.10. The normalized spacial score (nSPS) is 13.1. The van der Waals surface area contributed by atoms with Crippen LogP contribution >= 0.6 is 39.3 Å². The molecule has 0 N–H and O–H groups in total. The summed E-state index contributed by atoms with van der Waals surface area (Å²) >= 11 is 11.2. The van der Waals surface area contributed by atoms with E-state index in [1.165, 1.54) is 21.2 Å². The number of halogens is 2. The zero-order valence-electron chi connectivity index (χ0n) is 10.3. The molecule has 0 unspecified atom stereocenters. The second-order valence-corrected chi connectivity index (χ2v) is 6.75. The molecule has 0 radical (unpaired) electrons. The zero-order chi connectivity index (χ0) is 13.2. The highest BCUT2D eigenvalue weighted by Gasteiger charge is 2.22. The van der Waals surface area contributed by atoms with Crippen LogP contribution in [0.25, 0.3) is 0 Å². The predicted molar refractivity (Wildman–Crippen MR) is 87.1 cm³/mol. The minimum absolute atomic E-state index is 0.692. The lowest BCUT2D eigenvalue weighted by Crippen LogP contribution is -2.22. The number of para-hydroxylation sites is 1. The smallest absolute Gasteiger partial charge is 0.0553 e. The monoisotopic (exact) mass is 353 g/mol. The fraction of sp³-hybridized carbons (Fsp3) is 0.200. The van der Waals surface area contributed by atoms with Crippen LogP contribution in [0.2, 0.25) is 0 Å². The van der Waals surface area contributed by atoms with E-state index in [4.69, 9.17) is 11.6 Å². The van der Waals surface area contributed by atoms with Gasteiger partial charge < -0.3 is 4.90 Å². The molecule has 0 aromatic heterocycles. The van der Waals surface area contributed by atoms with E-state index >= 15 is 0 Å². The van der Waals surface area contributed by atoms with Crippen molar-refractivity contribution in [2.45, 2.75) is 16.2 Å². The molecule has 2 aromatic rings. The van der Waals surface area contributed by atoms with Crippen LogP contribution in [0.15, 0.2) is 56.7 Å². The van der Waals surface area contributed by atoms with Gasteiger partial charge in [0.2, 0.25) is 0 Å². The van der Waals surface area contributed by atoms with Crippen molar-refractivity contribution >= 4 is 50.7 Å². The number of fused-ring (bicyclic) bond motifs is 2. The maximum Gasteiger partial charge on any atom is 0.0553 e. The van der Waals surface area contributed by atoms with E-state index in [2.05, 4.69) is 63.3 Å². The van der Waals surface area contributed by atoms with Gasteiger partial charge in [0, 0.05) is 26.7 Å². The Balaban J connectivity index is 2.07. The molecule has 3 rings (SSSR count). The van der Waals surface area contributed by atoms with Crippen molar-refractivity contribution in [1.82, 2.24) is 0 Å². The largest absolute Gasteiger partial charge is 0.340 e. The molecule has 1 aliphatic rings. The molecule has 98 valence electrons. The van der Waals surface area contributed by atoms with Gasteiger partial charge in [0.15, 0.2) is 0 Å². The summed E-state index contributed by atoms with van der Waals surface area (Å²) < 4.78 is 1.12. The zero-order valence-corrected chi connectivity index (χ0v) is 13.4. The second-order valence-electron chi connectivity index (χ2n) is 4.38. The van der Waals surface area contributed by atoms with Crippen LogP contribution in [0.3, 0.4) is 0 Å². The van der Waals surface area contributed by atoms with Crippen molar-refractivity contribution in [2.24, 2.45) is 0 Å². The van der Waals surface area contributed by atoms with Gasteiger partial charge >= 0.3 is 0 Å². The molecular weight excluding hydrogens is 342 g/mol. The van der Waals surface area contributed by atoms with Crippen LogP contribution in [0, 0.1) is 0 Å². The third-order valence-electron chi connectivity index (χ3n) is 3.10. The third kappa shape index (κ3) is 2.64. The van der Waals surface area contributed by atoms with Gasteiger partial charge in [-0.15, -0.1) is 11.6 Å². The van der Waals surface area contributed by atoms with E-state index in [1.54, 1.807) is 0 Å². The highest BCUT2D eigenvalue weighted by atomic mass is 79.9. The van der Waals surface area contributed by atoms with Crippen molar-refractivity contribution in [3.63, 3.8) is 0 Å². The number of hydrogen-bond donors (Lipinski definition) is 0. The van der Waals surface area contributed by atoms with E-state index in [0.29, 0.717) is 5.88 Å². The summed E-state index contributed by atoms with van der Waals surface area (Å²) in [5.74, 6) is 0.692. The standard InChI is InChI=1S/C15H13BrClNS/c16-11-6-7-13-15(10-11)19-14-5-2-1-4-12(14)18(13)9-3-8-17/h1-2,4-7,10H,3,8-9H2. The fourth-order valence-electron chi connectivity index (χ4n) is 2.27. The quantitative estimate of drug-likeness (QED) is 0.652. The highest BCUT2D eigenvalue weighted by Crippen LogP contribution is 2.48. The molecule has 0 saturated heterocycles. The van der Waals surface area contributed by atoms with Crippen LogP contribution in [-0.4, -0.2) is 12.4 Å². The number of anilines is 2. The summed E-state index contributed by atoms with van der Waals surface area (Å²) in [5.41, 5.74) is 2.56. The maximum atomic E-state index is 5.86. The minimum Gasteiger partial charge on any atom is -0.340 e. The first-order valence-corrected chi connectivity index (χ1v) is 8.34. The van der Waals surface area contributed by atoms with Crippen LogP contribution < -0.4 is 4.90 Å². The Morgan fingerprint density at radius 1 is 1.05 bits per heavy atom. The molecule has 0 spiro atoms. The molecule has 0 fully saturated rings. The summed E-state index contributed by atoms with van der Waals surface area (Å²) in [5, 5.41) is 0. The first-order valence-electron chi connectivity index (χ1n) is 6.19. The van der Waals surface area contributed by atoms with Gasteiger partial charge in [0.05, 0.1) is 11.4 Å². The van der Waals surface area contributed by atoms with E-state index in [0.717, 1.165) is 17.4 Å². The molecule has 1 aliphatic heterocycles. The van der Waals surface area contributed by atoms with Crippen molar-refractivity contribution in [3.8, 4) is 0 Å². The molecule has 1 nitrogen and oxygen atoms in total. The van der Waals surface area contributed by atoms with Crippen LogP contribution in [0.5, 0.6) is 0 Å². The number of rotatable bonds is 3. The summed E-state index contributed by atoms with van der Waals surface area (Å²) in [6.45, 7) is 0.954. The summed E-state index contributed by atoms with van der Waals surface area (Å²) in [4.78, 5) is 4.97. The second kappa shape index (κ2) is 5.78. The Labute approximate surface area is 131 Å².